The molecular weight excluding hydrogens is 514 g/mol. The van der Waals surface area contributed by atoms with Crippen molar-refractivity contribution in [2.24, 2.45) is 0 Å². The molecule has 0 saturated carbocycles. The number of amides is 1. The second-order valence-electron chi connectivity index (χ2n) is 8.50. The zero-order valence-corrected chi connectivity index (χ0v) is 21.5. The number of nitrogens with zero attached hydrogens (tertiary/aromatic N) is 3. The Labute approximate surface area is 229 Å². The minimum Gasteiger partial charge on any atom is -0.453 e. The molecule has 0 saturated heterocycles. The number of ether oxygens (including phenoxy) is 1. The Morgan fingerprint density at radius 3 is 2.51 bits per heavy atom. The molecule has 2 aromatic heterocycles. The first-order chi connectivity index (χ1) is 19.1. The highest BCUT2D eigenvalue weighted by molar-refractivity contribution is 6.32. The molecule has 0 spiro atoms. The first-order valence-electron chi connectivity index (χ1n) is 12.2. The van der Waals surface area contributed by atoms with E-state index in [0.29, 0.717) is 40.7 Å². The second-order valence-corrected chi connectivity index (χ2v) is 8.91. The van der Waals surface area contributed by atoms with Crippen LogP contribution in [0.5, 0.6) is 11.5 Å². The molecule has 8 nitrogen and oxygen atoms in total. The molecule has 0 aliphatic heterocycles. The molecule has 2 heterocycles. The predicted molar refractivity (Wildman–Crippen MR) is 151 cm³/mol. The van der Waals surface area contributed by atoms with Gasteiger partial charge in [0.25, 0.3) is 11.5 Å². The van der Waals surface area contributed by atoms with E-state index in [1.165, 1.54) is 10.9 Å². The van der Waals surface area contributed by atoms with Gasteiger partial charge in [0.05, 0.1) is 16.9 Å². The lowest BCUT2D eigenvalue weighted by Gasteiger charge is -2.15. The quantitative estimate of drug-likeness (QED) is 0.247. The normalized spacial score (nSPS) is 10.6. The number of halogens is 1. The lowest BCUT2D eigenvalue weighted by atomic mass is 10.1. The van der Waals surface area contributed by atoms with Gasteiger partial charge in [-0.2, -0.15) is 9.78 Å². The monoisotopic (exact) mass is 537 g/mol. The summed E-state index contributed by atoms with van der Waals surface area (Å²) in [6.45, 7) is 0.440. The summed E-state index contributed by atoms with van der Waals surface area (Å²) in [6, 6.07) is 28.6. The van der Waals surface area contributed by atoms with Crippen molar-refractivity contribution >= 4 is 28.9 Å². The zero-order valence-electron chi connectivity index (χ0n) is 20.8. The Bertz CT molecular complexity index is 1640. The van der Waals surface area contributed by atoms with Crippen LogP contribution in [0.15, 0.2) is 114 Å². The summed E-state index contributed by atoms with van der Waals surface area (Å²) in [5, 5.41) is 10.7. The van der Waals surface area contributed by atoms with Crippen molar-refractivity contribution < 1.29 is 9.53 Å². The van der Waals surface area contributed by atoms with Gasteiger partial charge >= 0.3 is 0 Å². The van der Waals surface area contributed by atoms with Crippen molar-refractivity contribution in [2.75, 3.05) is 11.9 Å². The Hall–Kier alpha value is -4.95. The molecule has 5 aromatic rings. The van der Waals surface area contributed by atoms with Crippen LogP contribution in [0.1, 0.15) is 16.1 Å². The summed E-state index contributed by atoms with van der Waals surface area (Å²) >= 11 is 6.35. The van der Waals surface area contributed by atoms with Gasteiger partial charge in [-0.3, -0.25) is 14.6 Å². The van der Waals surface area contributed by atoms with Crippen LogP contribution < -0.4 is 20.9 Å². The van der Waals surface area contributed by atoms with Crippen LogP contribution in [0.3, 0.4) is 0 Å². The fourth-order valence-corrected chi connectivity index (χ4v) is 4.09. The Morgan fingerprint density at radius 2 is 1.72 bits per heavy atom. The third-order valence-corrected chi connectivity index (χ3v) is 6.10. The third kappa shape index (κ3) is 6.31. The van der Waals surface area contributed by atoms with Gasteiger partial charge in [-0.15, -0.1) is 0 Å². The molecule has 0 radical (unpaired) electrons. The fraction of sp³-hybridized carbons (Fsp3) is 0.0667. The molecule has 0 aliphatic carbocycles. The molecule has 0 unspecified atom stereocenters. The number of para-hydroxylation sites is 2. The number of carbonyl (C=O) groups excluding carboxylic acids is 1. The molecule has 0 fully saturated rings. The van der Waals surface area contributed by atoms with E-state index in [1.54, 1.807) is 66.9 Å². The third-order valence-electron chi connectivity index (χ3n) is 5.78. The number of hydrogen-bond acceptors (Lipinski definition) is 6. The van der Waals surface area contributed by atoms with Gasteiger partial charge in [0, 0.05) is 36.1 Å². The molecule has 0 bridgehead atoms. The van der Waals surface area contributed by atoms with E-state index in [9.17, 15) is 9.59 Å². The van der Waals surface area contributed by atoms with Crippen LogP contribution in [0.2, 0.25) is 5.02 Å². The summed E-state index contributed by atoms with van der Waals surface area (Å²) in [4.78, 5) is 30.7. The van der Waals surface area contributed by atoms with E-state index in [2.05, 4.69) is 20.7 Å². The van der Waals surface area contributed by atoms with Crippen molar-refractivity contribution in [3.8, 4) is 17.2 Å². The predicted octanol–water partition coefficient (Wildman–Crippen LogP) is 5.79. The van der Waals surface area contributed by atoms with Crippen LogP contribution in [0, 0.1) is 0 Å². The number of rotatable bonds is 9. The first kappa shape index (κ1) is 25.7. The highest BCUT2D eigenvalue weighted by atomic mass is 35.5. The number of nitrogens with one attached hydrogen (secondary N) is 2. The van der Waals surface area contributed by atoms with Gasteiger partial charge in [0.2, 0.25) is 0 Å². The minimum absolute atomic E-state index is 0.140. The second kappa shape index (κ2) is 12.1. The molecule has 3 aromatic carbocycles. The van der Waals surface area contributed by atoms with E-state index in [-0.39, 0.29) is 17.3 Å². The Kier molecular flexibility index (Phi) is 7.95. The van der Waals surface area contributed by atoms with Crippen molar-refractivity contribution in [1.29, 1.82) is 0 Å². The average Bonchev–Trinajstić information content (AvgIpc) is 2.97. The lowest BCUT2D eigenvalue weighted by molar-refractivity contribution is 0.0954. The highest BCUT2D eigenvalue weighted by Gasteiger charge is 2.17. The van der Waals surface area contributed by atoms with E-state index in [1.807, 2.05) is 36.4 Å². The number of pyridine rings is 1. The molecule has 0 atom stereocenters. The summed E-state index contributed by atoms with van der Waals surface area (Å²) in [7, 11) is 0. The van der Waals surface area contributed by atoms with Crippen LogP contribution in [0.25, 0.3) is 5.69 Å². The van der Waals surface area contributed by atoms with E-state index >= 15 is 0 Å². The molecule has 2 N–H and O–H groups in total. The lowest BCUT2D eigenvalue weighted by Crippen LogP contribution is -2.26. The smallest absolute Gasteiger partial charge is 0.299 e. The molecule has 9 heteroatoms. The maximum absolute atomic E-state index is 13.6. The van der Waals surface area contributed by atoms with Crippen molar-refractivity contribution in [3.05, 3.63) is 136 Å². The van der Waals surface area contributed by atoms with Crippen molar-refractivity contribution in [3.63, 3.8) is 0 Å². The van der Waals surface area contributed by atoms with Crippen molar-refractivity contribution in [1.82, 2.24) is 20.1 Å². The van der Waals surface area contributed by atoms with E-state index < -0.39 is 5.56 Å². The summed E-state index contributed by atoms with van der Waals surface area (Å²) < 4.78 is 7.21. The summed E-state index contributed by atoms with van der Waals surface area (Å²) in [5.74, 6) is 0.525. The molecule has 1 amide bonds. The maximum atomic E-state index is 13.6. The van der Waals surface area contributed by atoms with Gasteiger partial charge in [-0.25, -0.2) is 0 Å². The first-order valence-corrected chi connectivity index (χ1v) is 12.6. The fourth-order valence-electron chi connectivity index (χ4n) is 3.88. The Morgan fingerprint density at radius 1 is 0.923 bits per heavy atom. The van der Waals surface area contributed by atoms with Crippen LogP contribution >= 0.6 is 11.6 Å². The van der Waals surface area contributed by atoms with Gasteiger partial charge in [0.1, 0.15) is 5.75 Å². The maximum Gasteiger partial charge on any atom is 0.299 e. The number of hydrogen-bond donors (Lipinski definition) is 2. The van der Waals surface area contributed by atoms with E-state index in [0.717, 1.165) is 5.69 Å². The number of aromatic nitrogens is 3. The van der Waals surface area contributed by atoms with Gasteiger partial charge in [-0.05, 0) is 54.6 Å². The highest BCUT2D eigenvalue weighted by Crippen LogP contribution is 2.29. The molecule has 5 rings (SSSR count). The average molecular weight is 538 g/mol. The number of carbonyl (C=O) groups is 1. The minimum atomic E-state index is -0.471. The largest absolute Gasteiger partial charge is 0.453 e. The molecule has 194 valence electrons. The topological polar surface area (TPSA) is 98.1 Å². The van der Waals surface area contributed by atoms with Crippen LogP contribution in [0.4, 0.5) is 11.4 Å². The Balaban J connectivity index is 1.42. The molecule has 39 heavy (non-hydrogen) atoms. The standard InChI is InChI=1S/C30H24ClN5O3/c31-25-14-4-5-15-26(25)36-30(38)28(27(20-34-36)39-24-12-2-1-3-13-24)35-23-11-8-9-21(19-23)29(37)33-18-16-22-10-6-7-17-32-22/h1-15,17,19-20,35H,16,18H2,(H,33,37). The zero-order chi connectivity index (χ0) is 27.0. The number of anilines is 2. The van der Waals surface area contributed by atoms with Crippen LogP contribution in [-0.2, 0) is 6.42 Å². The van der Waals surface area contributed by atoms with Gasteiger partial charge in [0.15, 0.2) is 11.4 Å². The number of benzene rings is 3. The van der Waals surface area contributed by atoms with E-state index in [4.69, 9.17) is 16.3 Å². The SMILES string of the molecule is O=C(NCCc1ccccn1)c1cccc(Nc2c(Oc3ccccc3)cnn(-c3ccccc3Cl)c2=O)c1. The molecule has 0 aliphatic rings. The van der Waals surface area contributed by atoms with Crippen molar-refractivity contribution in [2.45, 2.75) is 6.42 Å². The van der Waals surface area contributed by atoms with Crippen LogP contribution in [-0.4, -0.2) is 27.2 Å². The van der Waals surface area contributed by atoms with Gasteiger partial charge < -0.3 is 15.4 Å². The molecular formula is C30H24ClN5O3. The summed E-state index contributed by atoms with van der Waals surface area (Å²) in [5.41, 5.74) is 1.96. The van der Waals surface area contributed by atoms with Gasteiger partial charge in [-0.1, -0.05) is 54.1 Å². The summed E-state index contributed by atoms with van der Waals surface area (Å²) in [6.07, 6.45) is 3.79.